The van der Waals surface area contributed by atoms with Crippen molar-refractivity contribution >= 4 is 29.1 Å². The zero-order valence-electron chi connectivity index (χ0n) is 15.1. The fourth-order valence-electron chi connectivity index (χ4n) is 3.14. The van der Waals surface area contributed by atoms with Gasteiger partial charge in [-0.25, -0.2) is 5.10 Å². The third-order valence-corrected chi connectivity index (χ3v) is 5.69. The summed E-state index contributed by atoms with van der Waals surface area (Å²) in [5.74, 6) is 1.26. The van der Waals surface area contributed by atoms with E-state index in [1.807, 2.05) is 36.4 Å². The van der Waals surface area contributed by atoms with Crippen molar-refractivity contribution in [3.63, 3.8) is 0 Å². The summed E-state index contributed by atoms with van der Waals surface area (Å²) < 4.78 is 5.40. The van der Waals surface area contributed by atoms with Gasteiger partial charge < -0.3 is 9.64 Å². The Morgan fingerprint density at radius 2 is 2.00 bits per heavy atom. The summed E-state index contributed by atoms with van der Waals surface area (Å²) >= 11 is 1.39. The minimum atomic E-state index is -0.264. The quantitative estimate of drug-likeness (QED) is 0.700. The van der Waals surface area contributed by atoms with E-state index in [1.165, 1.54) is 17.8 Å². The van der Waals surface area contributed by atoms with Gasteiger partial charge in [0.25, 0.3) is 5.91 Å². The molecule has 1 saturated heterocycles. The van der Waals surface area contributed by atoms with Crippen LogP contribution in [0.25, 0.3) is 10.4 Å². The number of aromatic nitrogens is 3. The molecule has 0 atom stereocenters. The fraction of sp³-hybridized carbons (Fsp3) is 0.316. The molecule has 1 aromatic carbocycles. The van der Waals surface area contributed by atoms with E-state index in [4.69, 9.17) is 4.74 Å². The van der Waals surface area contributed by atoms with Gasteiger partial charge in [0.1, 0.15) is 10.6 Å². The number of ether oxygens (including phenoxy) is 1. The molecule has 27 heavy (non-hydrogen) atoms. The predicted molar refractivity (Wildman–Crippen MR) is 107 cm³/mol. The van der Waals surface area contributed by atoms with Crippen LogP contribution in [-0.2, 0) is 0 Å². The van der Waals surface area contributed by atoms with Crippen LogP contribution in [0.2, 0.25) is 0 Å². The van der Waals surface area contributed by atoms with Crippen molar-refractivity contribution in [1.82, 2.24) is 15.2 Å². The van der Waals surface area contributed by atoms with E-state index >= 15 is 0 Å². The number of amides is 1. The van der Waals surface area contributed by atoms with Gasteiger partial charge in [0.2, 0.25) is 11.9 Å². The van der Waals surface area contributed by atoms with E-state index in [0.29, 0.717) is 22.5 Å². The van der Waals surface area contributed by atoms with Crippen LogP contribution in [0.15, 0.2) is 36.4 Å². The lowest BCUT2D eigenvalue weighted by Crippen LogP contribution is -2.30. The number of rotatable bonds is 5. The number of aromatic amines is 1. The Kier molecular flexibility index (Phi) is 5.06. The summed E-state index contributed by atoms with van der Waals surface area (Å²) in [4.78, 5) is 20.8. The van der Waals surface area contributed by atoms with Crippen LogP contribution < -0.4 is 15.0 Å². The fourth-order valence-corrected chi connectivity index (χ4v) is 4.16. The Morgan fingerprint density at radius 3 is 2.74 bits per heavy atom. The first-order valence-electron chi connectivity index (χ1n) is 8.96. The largest absolute Gasteiger partial charge is 0.495 e. The van der Waals surface area contributed by atoms with Crippen molar-refractivity contribution in [2.75, 3.05) is 30.4 Å². The van der Waals surface area contributed by atoms with Crippen molar-refractivity contribution < 1.29 is 9.53 Å². The highest BCUT2D eigenvalue weighted by Gasteiger charge is 2.20. The Hall–Kier alpha value is -2.87. The molecule has 1 aliphatic rings. The molecule has 2 aromatic heterocycles. The van der Waals surface area contributed by atoms with Gasteiger partial charge in [-0.15, -0.1) is 16.4 Å². The number of methoxy groups -OCH3 is 1. The molecule has 0 saturated carbocycles. The maximum Gasteiger partial charge on any atom is 0.271 e. The van der Waals surface area contributed by atoms with Gasteiger partial charge in [0.15, 0.2) is 0 Å². The minimum absolute atomic E-state index is 0.264. The lowest BCUT2D eigenvalue weighted by molar-refractivity contribution is 0.102. The first kappa shape index (κ1) is 17.5. The molecule has 0 bridgehead atoms. The number of hydrogen-bond donors (Lipinski definition) is 2. The van der Waals surface area contributed by atoms with E-state index < -0.39 is 0 Å². The predicted octanol–water partition coefficient (Wildman–Crippen LogP) is 3.78. The van der Waals surface area contributed by atoms with E-state index in [1.54, 1.807) is 7.11 Å². The van der Waals surface area contributed by atoms with E-state index in [9.17, 15) is 4.79 Å². The maximum absolute atomic E-state index is 12.7. The highest BCUT2D eigenvalue weighted by molar-refractivity contribution is 7.17. The van der Waals surface area contributed by atoms with Crippen LogP contribution in [-0.4, -0.2) is 41.3 Å². The highest BCUT2D eigenvalue weighted by atomic mass is 32.1. The van der Waals surface area contributed by atoms with Gasteiger partial charge in [-0.3, -0.25) is 10.1 Å². The molecule has 1 amide bonds. The summed E-state index contributed by atoms with van der Waals surface area (Å²) in [6.45, 7) is 1.90. The number of carbonyl (C=O) groups is 1. The highest BCUT2D eigenvalue weighted by Crippen LogP contribution is 2.36. The number of piperidine rings is 1. The molecular weight excluding hydrogens is 362 g/mol. The number of thiophene rings is 1. The number of benzene rings is 1. The average molecular weight is 383 g/mol. The smallest absolute Gasteiger partial charge is 0.271 e. The Morgan fingerprint density at radius 1 is 1.22 bits per heavy atom. The Bertz CT molecular complexity index is 915. The van der Waals surface area contributed by atoms with Crippen LogP contribution in [0.1, 0.15) is 28.9 Å². The number of H-pyrrole nitrogens is 1. The normalized spacial score (nSPS) is 14.2. The molecule has 3 heterocycles. The number of anilines is 2. The average Bonchev–Trinajstić information content (AvgIpc) is 3.36. The Labute approximate surface area is 161 Å². The second-order valence-electron chi connectivity index (χ2n) is 6.36. The van der Waals surface area contributed by atoms with Crippen molar-refractivity contribution in [1.29, 1.82) is 0 Å². The van der Waals surface area contributed by atoms with Crippen molar-refractivity contribution in [3.8, 4) is 16.2 Å². The molecule has 0 unspecified atom stereocenters. The second kappa shape index (κ2) is 7.79. The van der Waals surface area contributed by atoms with Crippen molar-refractivity contribution in [2.45, 2.75) is 19.3 Å². The van der Waals surface area contributed by atoms with Crippen LogP contribution in [0.5, 0.6) is 5.75 Å². The monoisotopic (exact) mass is 383 g/mol. The molecule has 7 nitrogen and oxygen atoms in total. The van der Waals surface area contributed by atoms with E-state index in [-0.39, 0.29) is 5.91 Å². The molecule has 0 aliphatic carbocycles. The summed E-state index contributed by atoms with van der Waals surface area (Å²) in [6, 6.07) is 11.8. The standard InChI is InChI=1S/C19H21N5O2S/c1-26-14-12-15(13-8-4-2-5-9-13)27-16(14)17(25)20-18-21-19(23-22-18)24-10-6-3-7-11-24/h2,4-5,8-9,12H,3,6-7,10-11H2,1H3,(H2,20,21,22,23,25). The molecule has 8 heteroatoms. The topological polar surface area (TPSA) is 83.1 Å². The van der Waals surface area contributed by atoms with Gasteiger partial charge in [0, 0.05) is 18.0 Å². The molecule has 1 aliphatic heterocycles. The molecule has 2 N–H and O–H groups in total. The van der Waals surface area contributed by atoms with Gasteiger partial charge in [-0.2, -0.15) is 4.98 Å². The number of hydrogen-bond acceptors (Lipinski definition) is 6. The van der Waals surface area contributed by atoms with Gasteiger partial charge in [-0.1, -0.05) is 30.3 Å². The molecular formula is C19H21N5O2S. The molecule has 3 aromatic rings. The number of nitrogens with one attached hydrogen (secondary N) is 2. The summed E-state index contributed by atoms with van der Waals surface area (Å²) in [6.07, 6.45) is 3.53. The Balaban J connectivity index is 1.51. The van der Waals surface area contributed by atoms with Gasteiger partial charge in [-0.05, 0) is 30.9 Å². The van der Waals surface area contributed by atoms with Crippen molar-refractivity contribution in [3.05, 3.63) is 41.3 Å². The van der Waals surface area contributed by atoms with E-state index in [2.05, 4.69) is 25.4 Å². The van der Waals surface area contributed by atoms with Crippen molar-refractivity contribution in [2.24, 2.45) is 0 Å². The number of nitrogens with zero attached hydrogens (tertiary/aromatic N) is 3. The van der Waals surface area contributed by atoms with Gasteiger partial charge >= 0.3 is 0 Å². The minimum Gasteiger partial charge on any atom is -0.495 e. The van der Waals surface area contributed by atoms with Crippen LogP contribution >= 0.6 is 11.3 Å². The lowest BCUT2D eigenvalue weighted by Gasteiger charge is -2.24. The maximum atomic E-state index is 12.7. The first-order valence-corrected chi connectivity index (χ1v) is 9.78. The SMILES string of the molecule is COc1cc(-c2ccccc2)sc1C(=O)Nc1nc(N2CCCCC2)n[nH]1. The van der Waals surface area contributed by atoms with Crippen LogP contribution in [0, 0.1) is 0 Å². The molecule has 0 radical (unpaired) electrons. The summed E-state index contributed by atoms with van der Waals surface area (Å²) in [5.41, 5.74) is 1.05. The molecule has 4 rings (SSSR count). The first-order chi connectivity index (χ1) is 13.2. The summed E-state index contributed by atoms with van der Waals surface area (Å²) in [5, 5.41) is 9.83. The van der Waals surface area contributed by atoms with Crippen LogP contribution in [0.3, 0.4) is 0 Å². The third-order valence-electron chi connectivity index (χ3n) is 4.53. The summed E-state index contributed by atoms with van der Waals surface area (Å²) in [7, 11) is 1.57. The molecule has 0 spiro atoms. The van der Waals surface area contributed by atoms with Gasteiger partial charge in [0.05, 0.1) is 7.11 Å². The zero-order chi connectivity index (χ0) is 18.6. The second-order valence-corrected chi connectivity index (χ2v) is 7.41. The lowest BCUT2D eigenvalue weighted by atomic mass is 10.1. The molecule has 140 valence electrons. The number of carbonyl (C=O) groups excluding carboxylic acids is 1. The third kappa shape index (κ3) is 3.80. The zero-order valence-corrected chi connectivity index (χ0v) is 15.9. The van der Waals surface area contributed by atoms with Crippen LogP contribution in [0.4, 0.5) is 11.9 Å². The molecule has 1 fully saturated rings. The van der Waals surface area contributed by atoms with E-state index in [0.717, 1.165) is 36.4 Å².